The monoisotopic (exact) mass is 141 g/mol. The zero-order valence-corrected chi connectivity index (χ0v) is 6.07. The first-order valence-corrected chi connectivity index (χ1v) is 3.14. The Morgan fingerprint density at radius 2 is 2.30 bits per heavy atom. The maximum Gasteiger partial charge on any atom is 0.231 e. The third-order valence-electron chi connectivity index (χ3n) is 1.30. The fourth-order valence-electron chi connectivity index (χ4n) is 0.808. The van der Waals surface area contributed by atoms with E-state index in [-0.39, 0.29) is 11.9 Å². The van der Waals surface area contributed by atoms with Crippen LogP contribution < -0.4 is 5.73 Å². The van der Waals surface area contributed by atoms with Crippen LogP contribution in [0.1, 0.15) is 19.9 Å². The quantitative estimate of drug-likeness (QED) is 0.606. The second kappa shape index (κ2) is 2.21. The van der Waals surface area contributed by atoms with E-state index in [2.05, 4.69) is 4.98 Å². The Labute approximate surface area is 59.3 Å². The third-order valence-corrected chi connectivity index (χ3v) is 1.30. The van der Waals surface area contributed by atoms with E-state index in [1.165, 1.54) is 6.20 Å². The van der Waals surface area contributed by atoms with Gasteiger partial charge in [-0.1, -0.05) is 0 Å². The number of imidazole rings is 1. The van der Waals surface area contributed by atoms with Crippen molar-refractivity contribution in [2.24, 2.45) is 0 Å². The maximum atomic E-state index is 8.87. The highest BCUT2D eigenvalue weighted by Gasteiger charge is 2.04. The van der Waals surface area contributed by atoms with E-state index in [9.17, 15) is 0 Å². The lowest BCUT2D eigenvalue weighted by Crippen LogP contribution is -2.03. The molecule has 1 aromatic rings. The van der Waals surface area contributed by atoms with E-state index < -0.39 is 0 Å². The topological polar surface area (TPSA) is 64.1 Å². The fourth-order valence-corrected chi connectivity index (χ4v) is 0.808. The molecule has 0 aliphatic rings. The number of aromatic hydroxyl groups is 1. The van der Waals surface area contributed by atoms with Crippen LogP contribution in [-0.2, 0) is 0 Å². The Balaban J connectivity index is 3.03. The normalized spacial score (nSPS) is 10.7. The van der Waals surface area contributed by atoms with Gasteiger partial charge in [-0.3, -0.25) is 0 Å². The summed E-state index contributed by atoms with van der Waals surface area (Å²) in [6, 6.07) is 0.244. The molecular formula is C6H11N3O. The molecule has 3 N–H and O–H groups in total. The third kappa shape index (κ3) is 1.05. The SMILES string of the molecule is CC(C)n1cc(O)nc1N. The molecule has 4 heteroatoms. The van der Waals surface area contributed by atoms with Gasteiger partial charge in [0.15, 0.2) is 0 Å². The van der Waals surface area contributed by atoms with Crippen LogP contribution in [0.25, 0.3) is 0 Å². The molecule has 0 radical (unpaired) electrons. The smallest absolute Gasteiger partial charge is 0.231 e. The summed E-state index contributed by atoms with van der Waals surface area (Å²) in [5, 5.41) is 8.87. The summed E-state index contributed by atoms with van der Waals surface area (Å²) in [5.74, 6) is 0.332. The standard InChI is InChI=1S/C6H11N3O/c1-4(2)9-3-5(10)8-6(9)7/h3-4,10H,1-2H3,(H2,7,8). The minimum atomic E-state index is -0.0220. The van der Waals surface area contributed by atoms with Crippen molar-refractivity contribution in [3.8, 4) is 5.88 Å². The lowest BCUT2D eigenvalue weighted by molar-refractivity contribution is 0.454. The van der Waals surface area contributed by atoms with E-state index >= 15 is 0 Å². The van der Waals surface area contributed by atoms with Gasteiger partial charge < -0.3 is 15.4 Å². The van der Waals surface area contributed by atoms with Gasteiger partial charge in [-0.25, -0.2) is 0 Å². The van der Waals surface area contributed by atoms with Crippen LogP contribution in [0.4, 0.5) is 5.95 Å². The van der Waals surface area contributed by atoms with Crippen LogP contribution in [0.2, 0.25) is 0 Å². The van der Waals surface area contributed by atoms with Crippen molar-refractivity contribution < 1.29 is 5.11 Å². The molecule has 0 fully saturated rings. The number of hydrogen-bond donors (Lipinski definition) is 2. The molecule has 4 nitrogen and oxygen atoms in total. The van der Waals surface area contributed by atoms with Crippen LogP contribution in [0.3, 0.4) is 0 Å². The summed E-state index contributed by atoms with van der Waals surface area (Å²) in [4.78, 5) is 3.63. The second-order valence-corrected chi connectivity index (χ2v) is 2.46. The van der Waals surface area contributed by atoms with Gasteiger partial charge in [0.1, 0.15) is 0 Å². The second-order valence-electron chi connectivity index (χ2n) is 2.46. The molecule has 0 aromatic carbocycles. The van der Waals surface area contributed by atoms with Crippen molar-refractivity contribution in [3.63, 3.8) is 0 Å². The largest absolute Gasteiger partial charge is 0.492 e. The Kier molecular flexibility index (Phi) is 1.53. The Hall–Kier alpha value is -1.19. The number of nitrogens with two attached hydrogens (primary N) is 1. The van der Waals surface area contributed by atoms with Gasteiger partial charge in [0.05, 0.1) is 6.20 Å². The molecule has 0 aliphatic carbocycles. The first-order chi connectivity index (χ1) is 4.61. The molecule has 0 atom stereocenters. The number of aromatic nitrogens is 2. The number of rotatable bonds is 1. The summed E-state index contributed by atoms with van der Waals surface area (Å²) in [5.41, 5.74) is 5.43. The van der Waals surface area contributed by atoms with Gasteiger partial charge >= 0.3 is 0 Å². The van der Waals surface area contributed by atoms with Crippen LogP contribution in [0, 0.1) is 0 Å². The lowest BCUT2D eigenvalue weighted by Gasteiger charge is -2.06. The van der Waals surface area contributed by atoms with E-state index in [1.54, 1.807) is 4.57 Å². The number of hydrogen-bond acceptors (Lipinski definition) is 3. The first-order valence-electron chi connectivity index (χ1n) is 3.14. The van der Waals surface area contributed by atoms with Crippen LogP contribution in [0.15, 0.2) is 6.20 Å². The molecule has 1 heterocycles. The summed E-state index contributed by atoms with van der Waals surface area (Å²) in [6.07, 6.45) is 1.51. The van der Waals surface area contributed by atoms with Gasteiger partial charge in [0.25, 0.3) is 0 Å². The molecular weight excluding hydrogens is 130 g/mol. The van der Waals surface area contributed by atoms with Crippen molar-refractivity contribution >= 4 is 5.95 Å². The average molecular weight is 141 g/mol. The minimum Gasteiger partial charge on any atom is -0.492 e. The maximum absolute atomic E-state index is 8.87. The molecule has 0 saturated heterocycles. The highest BCUT2D eigenvalue weighted by Crippen LogP contribution is 2.15. The van der Waals surface area contributed by atoms with E-state index in [4.69, 9.17) is 10.8 Å². The highest BCUT2D eigenvalue weighted by atomic mass is 16.3. The van der Waals surface area contributed by atoms with E-state index in [0.717, 1.165) is 0 Å². The molecule has 0 aliphatic heterocycles. The summed E-state index contributed by atoms with van der Waals surface area (Å²) < 4.78 is 1.70. The number of anilines is 1. The van der Waals surface area contributed by atoms with Crippen molar-refractivity contribution in [2.75, 3.05) is 5.73 Å². The zero-order valence-electron chi connectivity index (χ0n) is 6.07. The Morgan fingerprint density at radius 1 is 1.70 bits per heavy atom. The molecule has 0 unspecified atom stereocenters. The molecule has 0 bridgehead atoms. The zero-order chi connectivity index (χ0) is 7.72. The van der Waals surface area contributed by atoms with Gasteiger partial charge in [-0.15, -0.1) is 0 Å². The predicted octanol–water partition coefficient (Wildman–Crippen LogP) is 0.752. The fraction of sp³-hybridized carbons (Fsp3) is 0.500. The van der Waals surface area contributed by atoms with Crippen molar-refractivity contribution in [2.45, 2.75) is 19.9 Å². The van der Waals surface area contributed by atoms with Crippen LogP contribution >= 0.6 is 0 Å². The molecule has 1 aromatic heterocycles. The van der Waals surface area contributed by atoms with Crippen molar-refractivity contribution in [1.82, 2.24) is 9.55 Å². The number of nitrogens with zero attached hydrogens (tertiary/aromatic N) is 2. The van der Waals surface area contributed by atoms with Gasteiger partial charge in [-0.05, 0) is 13.8 Å². The predicted molar refractivity (Wildman–Crippen MR) is 38.7 cm³/mol. The molecule has 0 amide bonds. The molecule has 10 heavy (non-hydrogen) atoms. The van der Waals surface area contributed by atoms with E-state index in [0.29, 0.717) is 5.95 Å². The van der Waals surface area contributed by atoms with Gasteiger partial charge in [0.2, 0.25) is 11.8 Å². The summed E-state index contributed by atoms with van der Waals surface area (Å²) in [6.45, 7) is 3.94. The van der Waals surface area contributed by atoms with Gasteiger partial charge in [-0.2, -0.15) is 4.98 Å². The van der Waals surface area contributed by atoms with Crippen LogP contribution in [-0.4, -0.2) is 14.7 Å². The van der Waals surface area contributed by atoms with E-state index in [1.807, 2.05) is 13.8 Å². The Morgan fingerprint density at radius 3 is 2.50 bits per heavy atom. The minimum absolute atomic E-state index is 0.0220. The average Bonchev–Trinajstić information content (AvgIpc) is 2.10. The van der Waals surface area contributed by atoms with Crippen molar-refractivity contribution in [3.05, 3.63) is 6.20 Å². The summed E-state index contributed by atoms with van der Waals surface area (Å²) >= 11 is 0. The van der Waals surface area contributed by atoms with Crippen LogP contribution in [0.5, 0.6) is 5.88 Å². The first kappa shape index (κ1) is 6.92. The Bertz CT molecular complexity index is 229. The lowest BCUT2D eigenvalue weighted by atomic mass is 10.4. The van der Waals surface area contributed by atoms with Crippen molar-refractivity contribution in [1.29, 1.82) is 0 Å². The number of nitrogen functional groups attached to an aromatic ring is 1. The highest BCUT2D eigenvalue weighted by molar-refractivity contribution is 5.24. The molecule has 56 valence electrons. The molecule has 0 spiro atoms. The molecule has 1 rings (SSSR count). The summed E-state index contributed by atoms with van der Waals surface area (Å²) in [7, 11) is 0. The van der Waals surface area contributed by atoms with Gasteiger partial charge in [0, 0.05) is 6.04 Å². The molecule has 0 saturated carbocycles.